The number of rotatable bonds is 9. The van der Waals surface area contributed by atoms with Crippen molar-refractivity contribution >= 4 is 10.2 Å². The van der Waals surface area contributed by atoms with Crippen LogP contribution in [-0.4, -0.2) is 38.9 Å². The van der Waals surface area contributed by atoms with Crippen molar-refractivity contribution in [3.63, 3.8) is 0 Å². The Balaban J connectivity index is 4.30. The lowest BCUT2D eigenvalue weighted by atomic mass is 10.1. The van der Waals surface area contributed by atoms with Crippen molar-refractivity contribution in [1.82, 2.24) is 9.03 Å². The van der Waals surface area contributed by atoms with Gasteiger partial charge in [-0.3, -0.25) is 0 Å². The smallest absolute Gasteiger partial charge is 0.279 e. The van der Waals surface area contributed by atoms with Gasteiger partial charge >= 0.3 is 0 Å². The van der Waals surface area contributed by atoms with Crippen LogP contribution >= 0.6 is 0 Å². The van der Waals surface area contributed by atoms with Gasteiger partial charge in [0.1, 0.15) is 0 Å². The maximum atomic E-state index is 11.9. The normalized spacial score (nSPS) is 14.3. The summed E-state index contributed by atoms with van der Waals surface area (Å²) < 4.78 is 27.8. The van der Waals surface area contributed by atoms with Crippen LogP contribution in [0.3, 0.4) is 0 Å². The van der Waals surface area contributed by atoms with Gasteiger partial charge in [-0.1, -0.05) is 20.3 Å². The van der Waals surface area contributed by atoms with E-state index >= 15 is 0 Å². The van der Waals surface area contributed by atoms with Crippen molar-refractivity contribution in [2.75, 3.05) is 20.1 Å². The summed E-state index contributed by atoms with van der Waals surface area (Å²) in [5.41, 5.74) is 5.35. The summed E-state index contributed by atoms with van der Waals surface area (Å²) in [6.45, 7) is 5.01. The van der Waals surface area contributed by atoms with Gasteiger partial charge in [-0.05, 0) is 25.8 Å². The van der Waals surface area contributed by atoms with Crippen LogP contribution < -0.4 is 10.5 Å². The van der Waals surface area contributed by atoms with Gasteiger partial charge in [0.15, 0.2) is 0 Å². The van der Waals surface area contributed by atoms with Crippen LogP contribution in [0.2, 0.25) is 0 Å². The molecule has 1 atom stereocenters. The fraction of sp³-hybridized carbons (Fsp3) is 1.00. The Kier molecular flexibility index (Phi) is 7.91. The molecule has 0 saturated heterocycles. The number of hydrogen-bond acceptors (Lipinski definition) is 3. The molecule has 3 N–H and O–H groups in total. The fourth-order valence-corrected chi connectivity index (χ4v) is 2.68. The third kappa shape index (κ3) is 5.79. The monoisotopic (exact) mass is 251 g/mol. The summed E-state index contributed by atoms with van der Waals surface area (Å²) in [7, 11) is -1.76. The van der Waals surface area contributed by atoms with Gasteiger partial charge in [0.05, 0.1) is 0 Å². The summed E-state index contributed by atoms with van der Waals surface area (Å²) >= 11 is 0. The van der Waals surface area contributed by atoms with E-state index in [1.54, 1.807) is 7.05 Å². The van der Waals surface area contributed by atoms with E-state index in [9.17, 15) is 8.42 Å². The molecular formula is C10H25N3O2S. The largest absolute Gasteiger partial charge is 0.330 e. The molecule has 0 aromatic carbocycles. The molecule has 0 aliphatic rings. The third-order valence-corrected chi connectivity index (χ3v) is 4.17. The van der Waals surface area contributed by atoms with Crippen LogP contribution in [0, 0.1) is 0 Å². The number of nitrogens with two attached hydrogens (primary N) is 1. The molecule has 0 aromatic heterocycles. The van der Waals surface area contributed by atoms with Crippen LogP contribution in [-0.2, 0) is 10.2 Å². The maximum absolute atomic E-state index is 11.9. The lowest BCUT2D eigenvalue weighted by molar-refractivity contribution is 0.432. The van der Waals surface area contributed by atoms with E-state index in [2.05, 4.69) is 11.6 Å². The molecule has 0 fully saturated rings. The second kappa shape index (κ2) is 8.00. The van der Waals surface area contributed by atoms with Crippen molar-refractivity contribution < 1.29 is 8.42 Å². The molecule has 0 aliphatic heterocycles. The molecule has 0 bridgehead atoms. The minimum Gasteiger partial charge on any atom is -0.330 e. The average molecular weight is 251 g/mol. The highest BCUT2D eigenvalue weighted by atomic mass is 32.2. The minimum absolute atomic E-state index is 0.0373. The zero-order valence-corrected chi connectivity index (χ0v) is 11.4. The quantitative estimate of drug-likeness (QED) is 0.633. The van der Waals surface area contributed by atoms with Crippen LogP contribution in [0.1, 0.15) is 39.5 Å². The Morgan fingerprint density at radius 2 is 2.00 bits per heavy atom. The Morgan fingerprint density at radius 3 is 2.44 bits per heavy atom. The van der Waals surface area contributed by atoms with Gasteiger partial charge in [-0.15, -0.1) is 0 Å². The number of nitrogens with zero attached hydrogens (tertiary/aromatic N) is 1. The van der Waals surface area contributed by atoms with Crippen molar-refractivity contribution in [3.8, 4) is 0 Å². The Morgan fingerprint density at radius 1 is 1.38 bits per heavy atom. The molecule has 0 rings (SSSR count). The zero-order chi connectivity index (χ0) is 12.6. The Labute approximate surface area is 99.6 Å². The molecule has 16 heavy (non-hydrogen) atoms. The predicted octanol–water partition coefficient (Wildman–Crippen LogP) is 0.680. The lowest BCUT2D eigenvalue weighted by Gasteiger charge is -2.22. The molecule has 5 nitrogen and oxygen atoms in total. The molecule has 0 aliphatic carbocycles. The van der Waals surface area contributed by atoms with E-state index in [-0.39, 0.29) is 6.04 Å². The summed E-state index contributed by atoms with van der Waals surface area (Å²) in [4.78, 5) is 0. The second-order valence-corrected chi connectivity index (χ2v) is 5.79. The van der Waals surface area contributed by atoms with E-state index < -0.39 is 10.2 Å². The maximum Gasteiger partial charge on any atom is 0.279 e. The van der Waals surface area contributed by atoms with Crippen LogP contribution in [0.4, 0.5) is 0 Å². The van der Waals surface area contributed by atoms with Gasteiger partial charge in [-0.25, -0.2) is 0 Å². The van der Waals surface area contributed by atoms with Gasteiger partial charge in [0.2, 0.25) is 0 Å². The van der Waals surface area contributed by atoms with E-state index in [1.807, 2.05) is 6.92 Å². The first-order valence-electron chi connectivity index (χ1n) is 5.91. The zero-order valence-electron chi connectivity index (χ0n) is 10.6. The summed E-state index contributed by atoms with van der Waals surface area (Å²) in [6.07, 6.45) is 3.35. The molecule has 0 radical (unpaired) electrons. The summed E-state index contributed by atoms with van der Waals surface area (Å²) in [6, 6.07) is 0.0373. The lowest BCUT2D eigenvalue weighted by Crippen LogP contribution is -2.44. The predicted molar refractivity (Wildman–Crippen MR) is 67.3 cm³/mol. The van der Waals surface area contributed by atoms with Crippen LogP contribution in [0.15, 0.2) is 0 Å². The second-order valence-electron chi connectivity index (χ2n) is 3.98. The first-order chi connectivity index (χ1) is 7.47. The molecule has 0 spiro atoms. The third-order valence-electron chi connectivity index (χ3n) is 2.53. The van der Waals surface area contributed by atoms with E-state index in [1.165, 1.54) is 4.31 Å². The standard InChI is InChI=1S/C10H25N3O2S/c1-4-7-10(5-2)12-16(14,15)13(3)9-6-8-11/h10,12H,4-9,11H2,1-3H3. The summed E-state index contributed by atoms with van der Waals surface area (Å²) in [5.74, 6) is 0. The highest BCUT2D eigenvalue weighted by Crippen LogP contribution is 2.05. The van der Waals surface area contributed by atoms with Gasteiger partial charge in [-0.2, -0.15) is 17.4 Å². The topological polar surface area (TPSA) is 75.4 Å². The Bertz CT molecular complexity index is 267. The number of nitrogens with one attached hydrogen (secondary N) is 1. The fourth-order valence-electron chi connectivity index (χ4n) is 1.43. The average Bonchev–Trinajstić information content (AvgIpc) is 2.24. The number of hydrogen-bond donors (Lipinski definition) is 2. The van der Waals surface area contributed by atoms with Crippen LogP contribution in [0.25, 0.3) is 0 Å². The SMILES string of the molecule is CCCC(CC)NS(=O)(=O)N(C)CCCN. The molecule has 98 valence electrons. The van der Waals surface area contributed by atoms with Gasteiger partial charge < -0.3 is 5.73 Å². The van der Waals surface area contributed by atoms with Crippen molar-refractivity contribution in [2.45, 2.75) is 45.6 Å². The molecule has 0 heterocycles. The van der Waals surface area contributed by atoms with Crippen LogP contribution in [0.5, 0.6) is 0 Å². The highest BCUT2D eigenvalue weighted by molar-refractivity contribution is 7.87. The molecule has 0 saturated carbocycles. The minimum atomic E-state index is -3.34. The van der Waals surface area contributed by atoms with Crippen molar-refractivity contribution in [1.29, 1.82) is 0 Å². The first kappa shape index (κ1) is 15.8. The van der Waals surface area contributed by atoms with Gasteiger partial charge in [0, 0.05) is 19.6 Å². The van der Waals surface area contributed by atoms with Crippen molar-refractivity contribution in [2.24, 2.45) is 5.73 Å². The molecule has 6 heteroatoms. The Hall–Kier alpha value is -0.170. The molecule has 0 aromatic rings. The first-order valence-corrected chi connectivity index (χ1v) is 7.35. The van der Waals surface area contributed by atoms with Gasteiger partial charge in [0.25, 0.3) is 10.2 Å². The molecular weight excluding hydrogens is 226 g/mol. The van der Waals surface area contributed by atoms with E-state index in [0.29, 0.717) is 19.5 Å². The van der Waals surface area contributed by atoms with E-state index in [0.717, 1.165) is 19.3 Å². The molecule has 0 amide bonds. The highest BCUT2D eigenvalue weighted by Gasteiger charge is 2.20. The van der Waals surface area contributed by atoms with Crippen molar-refractivity contribution in [3.05, 3.63) is 0 Å². The van der Waals surface area contributed by atoms with E-state index in [4.69, 9.17) is 5.73 Å². The summed E-state index contributed by atoms with van der Waals surface area (Å²) in [5, 5.41) is 0. The molecule has 1 unspecified atom stereocenters.